The molecule has 1 aliphatic heterocycles. The van der Waals surface area contributed by atoms with Gasteiger partial charge in [0, 0.05) is 32.4 Å². The summed E-state index contributed by atoms with van der Waals surface area (Å²) in [6.07, 6.45) is 3.28. The summed E-state index contributed by atoms with van der Waals surface area (Å²) >= 11 is 0. The Kier molecular flexibility index (Phi) is 3.41. The molecule has 4 heteroatoms. The van der Waals surface area contributed by atoms with Crippen molar-refractivity contribution < 1.29 is 4.74 Å². The Labute approximate surface area is 96.4 Å². The standard InChI is InChI=1S/C12H19N3O/c1-9(13)10-3-4-12(14-7-10)15-6-5-11(8-15)16-2/h3-4,7,9,11H,5-6,8,13H2,1-2H3. The van der Waals surface area contributed by atoms with Crippen LogP contribution in [0.25, 0.3) is 0 Å². The molecule has 88 valence electrons. The van der Waals surface area contributed by atoms with Crippen molar-refractivity contribution in [3.63, 3.8) is 0 Å². The molecule has 0 saturated carbocycles. The maximum atomic E-state index is 5.79. The first-order valence-electron chi connectivity index (χ1n) is 5.70. The maximum absolute atomic E-state index is 5.79. The zero-order chi connectivity index (χ0) is 11.5. The molecular weight excluding hydrogens is 202 g/mol. The molecule has 16 heavy (non-hydrogen) atoms. The molecular formula is C12H19N3O. The van der Waals surface area contributed by atoms with Crippen molar-refractivity contribution in [1.82, 2.24) is 4.98 Å². The summed E-state index contributed by atoms with van der Waals surface area (Å²) < 4.78 is 5.34. The van der Waals surface area contributed by atoms with E-state index >= 15 is 0 Å². The van der Waals surface area contributed by atoms with Crippen LogP contribution in [0.15, 0.2) is 18.3 Å². The summed E-state index contributed by atoms with van der Waals surface area (Å²) in [5, 5.41) is 0. The second-order valence-electron chi connectivity index (χ2n) is 4.33. The third-order valence-corrected chi connectivity index (χ3v) is 3.10. The largest absolute Gasteiger partial charge is 0.380 e. The van der Waals surface area contributed by atoms with Gasteiger partial charge in [0.1, 0.15) is 5.82 Å². The fourth-order valence-electron chi connectivity index (χ4n) is 1.98. The van der Waals surface area contributed by atoms with Crippen molar-refractivity contribution in [1.29, 1.82) is 0 Å². The molecule has 0 aromatic carbocycles. The van der Waals surface area contributed by atoms with Crippen molar-refractivity contribution in [2.75, 3.05) is 25.1 Å². The number of anilines is 1. The van der Waals surface area contributed by atoms with Crippen molar-refractivity contribution in [2.24, 2.45) is 5.73 Å². The van der Waals surface area contributed by atoms with Gasteiger partial charge in [-0.2, -0.15) is 0 Å². The highest BCUT2D eigenvalue weighted by atomic mass is 16.5. The molecule has 4 nitrogen and oxygen atoms in total. The normalized spacial score (nSPS) is 22.4. The highest BCUT2D eigenvalue weighted by Crippen LogP contribution is 2.20. The molecule has 2 unspecified atom stereocenters. The first kappa shape index (κ1) is 11.4. The lowest BCUT2D eigenvalue weighted by atomic mass is 10.1. The zero-order valence-corrected chi connectivity index (χ0v) is 9.89. The van der Waals surface area contributed by atoms with Gasteiger partial charge in [-0.15, -0.1) is 0 Å². The van der Waals surface area contributed by atoms with Crippen LogP contribution in [0, 0.1) is 0 Å². The first-order chi connectivity index (χ1) is 7.70. The second-order valence-corrected chi connectivity index (χ2v) is 4.33. The predicted octanol–water partition coefficient (Wildman–Crippen LogP) is 1.33. The molecule has 2 rings (SSSR count). The smallest absolute Gasteiger partial charge is 0.128 e. The van der Waals surface area contributed by atoms with Crippen LogP contribution in [0.1, 0.15) is 24.9 Å². The van der Waals surface area contributed by atoms with Crippen LogP contribution in [0.2, 0.25) is 0 Å². The molecule has 1 aromatic rings. The topological polar surface area (TPSA) is 51.4 Å². The summed E-state index contributed by atoms with van der Waals surface area (Å²) in [7, 11) is 1.76. The molecule has 1 fully saturated rings. The molecule has 1 aliphatic rings. The quantitative estimate of drug-likeness (QED) is 0.836. The number of rotatable bonds is 3. The number of hydrogen-bond donors (Lipinski definition) is 1. The Morgan fingerprint density at radius 3 is 2.88 bits per heavy atom. The van der Waals surface area contributed by atoms with Gasteiger partial charge < -0.3 is 15.4 Å². The number of nitrogens with two attached hydrogens (primary N) is 1. The van der Waals surface area contributed by atoms with Gasteiger partial charge in [-0.25, -0.2) is 4.98 Å². The van der Waals surface area contributed by atoms with E-state index in [0.29, 0.717) is 6.10 Å². The molecule has 0 bridgehead atoms. The minimum Gasteiger partial charge on any atom is -0.380 e. The number of methoxy groups -OCH3 is 1. The molecule has 2 N–H and O–H groups in total. The molecule has 0 radical (unpaired) electrons. The molecule has 0 aliphatic carbocycles. The van der Waals surface area contributed by atoms with Gasteiger partial charge in [0.2, 0.25) is 0 Å². The highest BCUT2D eigenvalue weighted by molar-refractivity contribution is 5.41. The number of hydrogen-bond acceptors (Lipinski definition) is 4. The van der Waals surface area contributed by atoms with Gasteiger partial charge in [-0.1, -0.05) is 6.07 Å². The lowest BCUT2D eigenvalue weighted by Crippen LogP contribution is -2.23. The minimum atomic E-state index is 0.0480. The first-order valence-corrected chi connectivity index (χ1v) is 5.70. The van der Waals surface area contributed by atoms with Crippen molar-refractivity contribution in [3.05, 3.63) is 23.9 Å². The molecule has 1 aromatic heterocycles. The van der Waals surface area contributed by atoms with Crippen LogP contribution in [0.5, 0.6) is 0 Å². The van der Waals surface area contributed by atoms with E-state index in [9.17, 15) is 0 Å². The van der Waals surface area contributed by atoms with Gasteiger partial charge in [-0.3, -0.25) is 0 Å². The highest BCUT2D eigenvalue weighted by Gasteiger charge is 2.22. The van der Waals surface area contributed by atoms with Gasteiger partial charge in [0.15, 0.2) is 0 Å². The molecule has 0 spiro atoms. The summed E-state index contributed by atoms with van der Waals surface area (Å²) in [5.74, 6) is 1.02. The monoisotopic (exact) mass is 221 g/mol. The summed E-state index contributed by atoms with van der Waals surface area (Å²) in [5.41, 5.74) is 6.86. The Morgan fingerprint density at radius 1 is 1.56 bits per heavy atom. The van der Waals surface area contributed by atoms with Gasteiger partial charge in [0.25, 0.3) is 0 Å². The van der Waals surface area contributed by atoms with Gasteiger partial charge in [-0.05, 0) is 25.0 Å². The SMILES string of the molecule is COC1CCN(c2ccc(C(C)N)cn2)C1. The van der Waals surface area contributed by atoms with E-state index in [4.69, 9.17) is 10.5 Å². The van der Waals surface area contributed by atoms with E-state index in [1.165, 1.54) is 0 Å². The van der Waals surface area contributed by atoms with E-state index in [2.05, 4.69) is 9.88 Å². The maximum Gasteiger partial charge on any atom is 0.128 e. The van der Waals surface area contributed by atoms with Crippen LogP contribution in [-0.2, 0) is 4.74 Å². The molecule has 0 amide bonds. The molecule has 2 atom stereocenters. The fraction of sp³-hybridized carbons (Fsp3) is 0.583. The fourth-order valence-corrected chi connectivity index (χ4v) is 1.98. The zero-order valence-electron chi connectivity index (χ0n) is 9.89. The average Bonchev–Trinajstić information content (AvgIpc) is 2.77. The minimum absolute atomic E-state index is 0.0480. The lowest BCUT2D eigenvalue weighted by Gasteiger charge is -2.17. The molecule has 2 heterocycles. The Morgan fingerprint density at radius 2 is 2.38 bits per heavy atom. The van der Waals surface area contributed by atoms with E-state index in [0.717, 1.165) is 30.9 Å². The third kappa shape index (κ3) is 2.33. The lowest BCUT2D eigenvalue weighted by molar-refractivity contribution is 0.121. The summed E-state index contributed by atoms with van der Waals surface area (Å²) in [6, 6.07) is 4.14. The Balaban J connectivity index is 2.05. The Bertz CT molecular complexity index is 337. The van der Waals surface area contributed by atoms with E-state index in [1.54, 1.807) is 7.11 Å². The number of aromatic nitrogens is 1. The molecule has 1 saturated heterocycles. The van der Waals surface area contributed by atoms with Gasteiger partial charge >= 0.3 is 0 Å². The van der Waals surface area contributed by atoms with Crippen molar-refractivity contribution in [3.8, 4) is 0 Å². The van der Waals surface area contributed by atoms with Crippen LogP contribution >= 0.6 is 0 Å². The van der Waals surface area contributed by atoms with Crippen LogP contribution < -0.4 is 10.6 Å². The van der Waals surface area contributed by atoms with E-state index in [-0.39, 0.29) is 6.04 Å². The number of nitrogens with zero attached hydrogens (tertiary/aromatic N) is 2. The van der Waals surface area contributed by atoms with E-state index < -0.39 is 0 Å². The van der Waals surface area contributed by atoms with E-state index in [1.807, 2.05) is 25.3 Å². The van der Waals surface area contributed by atoms with Crippen molar-refractivity contribution in [2.45, 2.75) is 25.5 Å². The van der Waals surface area contributed by atoms with Crippen LogP contribution in [-0.4, -0.2) is 31.3 Å². The average molecular weight is 221 g/mol. The third-order valence-electron chi connectivity index (χ3n) is 3.10. The number of pyridine rings is 1. The second kappa shape index (κ2) is 4.80. The van der Waals surface area contributed by atoms with Crippen molar-refractivity contribution >= 4 is 5.82 Å². The van der Waals surface area contributed by atoms with Gasteiger partial charge in [0.05, 0.1) is 6.10 Å². The predicted molar refractivity (Wildman–Crippen MR) is 64.5 cm³/mol. The summed E-state index contributed by atoms with van der Waals surface area (Å²) in [6.45, 7) is 3.91. The van der Waals surface area contributed by atoms with Crippen LogP contribution in [0.3, 0.4) is 0 Å². The number of ether oxygens (including phenoxy) is 1. The summed E-state index contributed by atoms with van der Waals surface area (Å²) in [4.78, 5) is 6.69. The van der Waals surface area contributed by atoms with Crippen LogP contribution in [0.4, 0.5) is 5.82 Å². The Hall–Kier alpha value is -1.13.